The number of nitrogens with zero attached hydrogens (tertiary/aromatic N) is 2. The molecule has 82 valence electrons. The van der Waals surface area contributed by atoms with Gasteiger partial charge in [-0.25, -0.2) is 4.39 Å². The highest BCUT2D eigenvalue weighted by molar-refractivity contribution is 6.04. The standard InChI is InChI=1S/C12H14BFN2/c1-9(10-4-6-16(13)7-5-10)12-3-2-11(14)8-15-12/h2-3,8,10H,1,4-7H2. The lowest BCUT2D eigenvalue weighted by Crippen LogP contribution is -2.31. The third kappa shape index (κ3) is 2.50. The molecular formula is C12H14BFN2. The number of halogens is 1. The lowest BCUT2D eigenvalue weighted by Gasteiger charge is -2.30. The number of rotatable bonds is 2. The molecule has 2 radical (unpaired) electrons. The molecule has 2 nitrogen and oxygen atoms in total. The van der Waals surface area contributed by atoms with E-state index in [0.717, 1.165) is 37.2 Å². The Morgan fingerprint density at radius 1 is 1.44 bits per heavy atom. The predicted octanol–water partition coefficient (Wildman–Crippen LogP) is 2.03. The third-order valence-corrected chi connectivity index (χ3v) is 3.08. The van der Waals surface area contributed by atoms with Gasteiger partial charge in [0, 0.05) is 0 Å². The summed E-state index contributed by atoms with van der Waals surface area (Å²) in [5.41, 5.74) is 1.78. The number of hydrogen-bond donors (Lipinski definition) is 0. The van der Waals surface area contributed by atoms with E-state index in [1.165, 1.54) is 12.3 Å². The third-order valence-electron chi connectivity index (χ3n) is 3.08. The quantitative estimate of drug-likeness (QED) is 0.703. The van der Waals surface area contributed by atoms with Crippen molar-refractivity contribution in [2.75, 3.05) is 13.1 Å². The molecule has 0 unspecified atom stereocenters. The van der Waals surface area contributed by atoms with Gasteiger partial charge in [-0.05, 0) is 49.6 Å². The first-order chi connectivity index (χ1) is 7.66. The molecule has 0 aliphatic carbocycles. The van der Waals surface area contributed by atoms with Crippen LogP contribution < -0.4 is 0 Å². The van der Waals surface area contributed by atoms with Crippen molar-refractivity contribution in [1.82, 2.24) is 9.79 Å². The van der Waals surface area contributed by atoms with Crippen LogP contribution in [0.4, 0.5) is 4.39 Å². The maximum absolute atomic E-state index is 12.7. The van der Waals surface area contributed by atoms with Gasteiger partial charge in [0.25, 0.3) is 0 Å². The SMILES string of the molecule is [B]N1CCC(C(=C)c2ccc(F)cn2)CC1. The van der Waals surface area contributed by atoms with E-state index in [0.29, 0.717) is 5.92 Å². The Balaban J connectivity index is 2.05. The Morgan fingerprint density at radius 2 is 2.12 bits per heavy atom. The van der Waals surface area contributed by atoms with Gasteiger partial charge in [0.15, 0.2) is 7.98 Å². The molecule has 4 heteroatoms. The zero-order valence-corrected chi connectivity index (χ0v) is 9.19. The van der Waals surface area contributed by atoms with Gasteiger partial charge in [0.2, 0.25) is 0 Å². The largest absolute Gasteiger partial charge is 0.353 e. The molecule has 0 amide bonds. The van der Waals surface area contributed by atoms with Crippen molar-refractivity contribution in [2.45, 2.75) is 12.8 Å². The predicted molar refractivity (Wildman–Crippen MR) is 63.3 cm³/mol. The number of hydrogen-bond acceptors (Lipinski definition) is 2. The van der Waals surface area contributed by atoms with Crippen molar-refractivity contribution in [3.05, 3.63) is 36.4 Å². The number of aromatic nitrogens is 1. The van der Waals surface area contributed by atoms with Crippen LogP contribution in [0.1, 0.15) is 18.5 Å². The second-order valence-electron chi connectivity index (χ2n) is 4.20. The Morgan fingerprint density at radius 3 is 2.69 bits per heavy atom. The van der Waals surface area contributed by atoms with Gasteiger partial charge >= 0.3 is 0 Å². The normalized spacial score (nSPS) is 18.6. The van der Waals surface area contributed by atoms with Gasteiger partial charge in [0.1, 0.15) is 5.82 Å². The average Bonchev–Trinajstić information content (AvgIpc) is 2.30. The van der Waals surface area contributed by atoms with Gasteiger partial charge < -0.3 is 4.81 Å². The van der Waals surface area contributed by atoms with Crippen LogP contribution >= 0.6 is 0 Å². The molecule has 0 spiro atoms. The van der Waals surface area contributed by atoms with Gasteiger partial charge in [-0.15, -0.1) is 0 Å². The minimum absolute atomic E-state index is 0.312. The van der Waals surface area contributed by atoms with Crippen LogP contribution in [0.15, 0.2) is 24.9 Å². The minimum Gasteiger partial charge on any atom is -0.353 e. The molecule has 2 heterocycles. The summed E-state index contributed by atoms with van der Waals surface area (Å²) in [7, 11) is 5.69. The van der Waals surface area contributed by atoms with E-state index in [1.54, 1.807) is 6.07 Å². The summed E-state index contributed by atoms with van der Waals surface area (Å²) in [6.07, 6.45) is 3.22. The van der Waals surface area contributed by atoms with Crippen LogP contribution in [0, 0.1) is 11.7 Å². The van der Waals surface area contributed by atoms with E-state index >= 15 is 0 Å². The molecule has 1 saturated heterocycles. The fourth-order valence-electron chi connectivity index (χ4n) is 2.02. The van der Waals surface area contributed by atoms with Crippen molar-refractivity contribution in [1.29, 1.82) is 0 Å². The molecule has 2 rings (SSSR count). The summed E-state index contributed by atoms with van der Waals surface area (Å²) >= 11 is 0. The molecule has 1 fully saturated rings. The van der Waals surface area contributed by atoms with Crippen molar-refractivity contribution in [2.24, 2.45) is 5.92 Å². The average molecular weight is 216 g/mol. The van der Waals surface area contributed by atoms with Crippen LogP contribution in [-0.4, -0.2) is 30.9 Å². The molecule has 1 aliphatic rings. The molecule has 0 atom stereocenters. The summed E-state index contributed by atoms with van der Waals surface area (Å²) in [6, 6.07) is 3.11. The zero-order chi connectivity index (χ0) is 11.5. The maximum atomic E-state index is 12.7. The van der Waals surface area contributed by atoms with E-state index in [-0.39, 0.29) is 5.82 Å². The van der Waals surface area contributed by atoms with E-state index in [9.17, 15) is 4.39 Å². The van der Waals surface area contributed by atoms with Gasteiger partial charge in [-0.3, -0.25) is 4.98 Å². The fraction of sp³-hybridized carbons (Fsp3) is 0.417. The van der Waals surface area contributed by atoms with Crippen molar-refractivity contribution in [3.8, 4) is 0 Å². The summed E-state index contributed by atoms with van der Waals surface area (Å²) in [5.74, 6) is 0.103. The molecule has 0 saturated carbocycles. The van der Waals surface area contributed by atoms with Gasteiger partial charge in [-0.2, -0.15) is 0 Å². The minimum atomic E-state index is -0.312. The fourth-order valence-corrected chi connectivity index (χ4v) is 2.02. The molecule has 0 N–H and O–H groups in total. The topological polar surface area (TPSA) is 16.1 Å². The Kier molecular flexibility index (Phi) is 3.39. The molecule has 1 aromatic rings. The van der Waals surface area contributed by atoms with Crippen LogP contribution in [0.2, 0.25) is 0 Å². The summed E-state index contributed by atoms with van der Waals surface area (Å²) in [4.78, 5) is 5.87. The zero-order valence-electron chi connectivity index (χ0n) is 9.19. The molecule has 0 aromatic carbocycles. The molecular weight excluding hydrogens is 202 g/mol. The number of piperidine rings is 1. The van der Waals surface area contributed by atoms with Crippen molar-refractivity contribution < 1.29 is 4.39 Å². The smallest absolute Gasteiger partial charge is 0.182 e. The van der Waals surface area contributed by atoms with Crippen LogP contribution in [0.25, 0.3) is 5.57 Å². The number of pyridine rings is 1. The van der Waals surface area contributed by atoms with Crippen LogP contribution in [-0.2, 0) is 0 Å². The molecule has 16 heavy (non-hydrogen) atoms. The van der Waals surface area contributed by atoms with Gasteiger partial charge in [0.05, 0.1) is 11.9 Å². The van der Waals surface area contributed by atoms with Crippen LogP contribution in [0.3, 0.4) is 0 Å². The molecule has 1 aromatic heterocycles. The van der Waals surface area contributed by atoms with E-state index in [1.807, 2.05) is 4.81 Å². The second kappa shape index (κ2) is 4.79. The summed E-state index contributed by atoms with van der Waals surface area (Å²) in [5, 5.41) is 0. The van der Waals surface area contributed by atoms with E-state index in [4.69, 9.17) is 7.98 Å². The lowest BCUT2D eigenvalue weighted by atomic mass is 9.87. The summed E-state index contributed by atoms with van der Waals surface area (Å²) < 4.78 is 12.7. The van der Waals surface area contributed by atoms with E-state index in [2.05, 4.69) is 11.6 Å². The second-order valence-corrected chi connectivity index (χ2v) is 4.20. The lowest BCUT2D eigenvalue weighted by molar-refractivity contribution is 0.325. The number of allylic oxidation sites excluding steroid dienone is 1. The van der Waals surface area contributed by atoms with Crippen molar-refractivity contribution in [3.63, 3.8) is 0 Å². The highest BCUT2D eigenvalue weighted by Crippen LogP contribution is 2.28. The Hall–Kier alpha value is -1.16. The Bertz CT molecular complexity index is 369. The van der Waals surface area contributed by atoms with Crippen LogP contribution in [0.5, 0.6) is 0 Å². The highest BCUT2D eigenvalue weighted by atomic mass is 19.1. The first kappa shape index (κ1) is 11.3. The monoisotopic (exact) mass is 216 g/mol. The maximum Gasteiger partial charge on any atom is 0.182 e. The summed E-state index contributed by atoms with van der Waals surface area (Å²) in [6.45, 7) is 5.82. The molecule has 0 bridgehead atoms. The first-order valence-corrected chi connectivity index (χ1v) is 5.47. The Labute approximate surface area is 96.6 Å². The molecule has 1 aliphatic heterocycles. The van der Waals surface area contributed by atoms with Gasteiger partial charge in [-0.1, -0.05) is 6.58 Å². The first-order valence-electron chi connectivity index (χ1n) is 5.47. The van der Waals surface area contributed by atoms with Crippen molar-refractivity contribution >= 4 is 13.6 Å². The van der Waals surface area contributed by atoms with E-state index < -0.39 is 0 Å². The highest BCUT2D eigenvalue weighted by Gasteiger charge is 2.20.